The average molecular weight is 262 g/mol. The number of nitrogens with zero attached hydrogens (tertiary/aromatic N) is 3. The van der Waals surface area contributed by atoms with E-state index in [1.54, 1.807) is 30.3 Å². The van der Waals surface area contributed by atoms with Crippen LogP contribution in [0.2, 0.25) is 0 Å². The maximum absolute atomic E-state index is 13.0. The second kappa shape index (κ2) is 4.08. The van der Waals surface area contributed by atoms with Crippen LogP contribution in [0.1, 0.15) is 5.69 Å². The number of aromatic nitrogens is 3. The van der Waals surface area contributed by atoms with Crippen molar-refractivity contribution in [2.24, 2.45) is 0 Å². The van der Waals surface area contributed by atoms with Gasteiger partial charge in [0.2, 0.25) is 0 Å². The van der Waals surface area contributed by atoms with Crippen LogP contribution in [0.5, 0.6) is 0 Å². The highest BCUT2D eigenvalue weighted by atomic mass is 19.4. The van der Waals surface area contributed by atoms with E-state index in [9.17, 15) is 13.2 Å². The van der Waals surface area contributed by atoms with Crippen molar-refractivity contribution in [1.82, 2.24) is 14.6 Å². The molecule has 6 heteroatoms. The molecule has 3 aromatic rings. The first-order valence-electron chi connectivity index (χ1n) is 5.45. The summed E-state index contributed by atoms with van der Waals surface area (Å²) in [6.45, 7) is 0. The minimum Gasteiger partial charge on any atom is -0.228 e. The van der Waals surface area contributed by atoms with E-state index in [2.05, 4.69) is 16.3 Å². The third-order valence-corrected chi connectivity index (χ3v) is 2.67. The lowest BCUT2D eigenvalue weighted by Crippen LogP contribution is -2.13. The zero-order valence-electron chi connectivity index (χ0n) is 9.52. The Morgan fingerprint density at radius 2 is 1.84 bits per heavy atom. The Labute approximate surface area is 106 Å². The number of alkyl halides is 3. The van der Waals surface area contributed by atoms with Crippen LogP contribution in [-0.2, 0) is 6.18 Å². The van der Waals surface area contributed by atoms with Gasteiger partial charge in [-0.05, 0) is 6.07 Å². The van der Waals surface area contributed by atoms with Crippen LogP contribution in [0, 0.1) is 6.20 Å². The first kappa shape index (κ1) is 11.7. The zero-order valence-corrected chi connectivity index (χ0v) is 9.52. The molecule has 0 aliphatic rings. The lowest BCUT2D eigenvalue weighted by Gasteiger charge is -2.10. The molecule has 2 heterocycles. The van der Waals surface area contributed by atoms with Crippen LogP contribution in [0.4, 0.5) is 13.2 Å². The standard InChI is InChI=1S/C13H7F3N3/c14-13(15,16)11-8-10(9-4-2-1-3-5-9)18-12-6-7-17-19(11)12/h1-6,8H. The highest BCUT2D eigenvalue weighted by Gasteiger charge is 2.35. The number of hydrogen-bond donors (Lipinski definition) is 0. The molecule has 0 atom stereocenters. The van der Waals surface area contributed by atoms with E-state index in [1.807, 2.05) is 0 Å². The summed E-state index contributed by atoms with van der Waals surface area (Å²) in [4.78, 5) is 4.15. The van der Waals surface area contributed by atoms with Gasteiger partial charge in [0.05, 0.1) is 5.69 Å². The summed E-state index contributed by atoms with van der Waals surface area (Å²) in [5, 5.41) is 3.53. The van der Waals surface area contributed by atoms with Crippen LogP contribution >= 0.6 is 0 Å². The first-order valence-corrected chi connectivity index (χ1v) is 5.45. The van der Waals surface area contributed by atoms with Gasteiger partial charge in [-0.15, -0.1) is 0 Å². The smallest absolute Gasteiger partial charge is 0.228 e. The second-order valence-corrected chi connectivity index (χ2v) is 3.93. The van der Waals surface area contributed by atoms with E-state index >= 15 is 0 Å². The summed E-state index contributed by atoms with van der Waals surface area (Å²) in [6, 6.07) is 11.0. The quantitative estimate of drug-likeness (QED) is 0.674. The lowest BCUT2D eigenvalue weighted by atomic mass is 10.1. The molecule has 0 saturated heterocycles. The maximum atomic E-state index is 13.0. The zero-order chi connectivity index (χ0) is 13.5. The topological polar surface area (TPSA) is 30.2 Å². The molecule has 1 aromatic carbocycles. The third kappa shape index (κ3) is 2.05. The molecule has 0 fully saturated rings. The highest BCUT2D eigenvalue weighted by molar-refractivity contribution is 5.62. The van der Waals surface area contributed by atoms with E-state index < -0.39 is 11.9 Å². The lowest BCUT2D eigenvalue weighted by molar-refractivity contribution is -0.142. The molecule has 2 aromatic heterocycles. The molecule has 0 spiro atoms. The van der Waals surface area contributed by atoms with Crippen molar-refractivity contribution >= 4 is 5.65 Å². The summed E-state index contributed by atoms with van der Waals surface area (Å²) in [5.41, 5.74) is 0.136. The Kier molecular flexibility index (Phi) is 2.51. The maximum Gasteiger partial charge on any atom is 0.433 e. The van der Waals surface area contributed by atoms with E-state index in [0.717, 1.165) is 10.6 Å². The van der Waals surface area contributed by atoms with Crippen LogP contribution in [0.3, 0.4) is 0 Å². The summed E-state index contributed by atoms with van der Waals surface area (Å²) in [5.74, 6) is 0. The van der Waals surface area contributed by atoms with Crippen LogP contribution in [0.15, 0.2) is 42.5 Å². The molecule has 0 saturated carbocycles. The molecule has 0 aliphatic carbocycles. The number of rotatable bonds is 1. The Morgan fingerprint density at radius 1 is 1.11 bits per heavy atom. The Bertz CT molecular complexity index is 717. The summed E-state index contributed by atoms with van der Waals surface area (Å²) in [6.07, 6.45) is -2.12. The fourth-order valence-electron chi connectivity index (χ4n) is 1.82. The van der Waals surface area contributed by atoms with Gasteiger partial charge >= 0.3 is 6.18 Å². The van der Waals surface area contributed by atoms with E-state index in [0.29, 0.717) is 5.56 Å². The van der Waals surface area contributed by atoms with Gasteiger partial charge in [0, 0.05) is 11.6 Å². The molecule has 19 heavy (non-hydrogen) atoms. The van der Waals surface area contributed by atoms with E-state index in [4.69, 9.17) is 0 Å². The molecule has 0 N–H and O–H groups in total. The minimum absolute atomic E-state index is 0.119. The van der Waals surface area contributed by atoms with Crippen molar-refractivity contribution in [2.75, 3.05) is 0 Å². The number of fused-ring (bicyclic) bond motifs is 1. The van der Waals surface area contributed by atoms with Gasteiger partial charge in [0.25, 0.3) is 0 Å². The van der Waals surface area contributed by atoms with Gasteiger partial charge in [-0.25, -0.2) is 9.50 Å². The van der Waals surface area contributed by atoms with Crippen molar-refractivity contribution in [3.63, 3.8) is 0 Å². The molecular formula is C13H7F3N3. The second-order valence-electron chi connectivity index (χ2n) is 3.93. The normalized spacial score (nSPS) is 11.9. The molecule has 3 rings (SSSR count). The van der Waals surface area contributed by atoms with Crippen LogP contribution < -0.4 is 0 Å². The molecule has 0 aliphatic heterocycles. The summed E-state index contributed by atoms with van der Waals surface area (Å²) >= 11 is 0. The van der Waals surface area contributed by atoms with Gasteiger partial charge in [0.15, 0.2) is 11.3 Å². The van der Waals surface area contributed by atoms with Gasteiger partial charge in [-0.3, -0.25) is 0 Å². The van der Waals surface area contributed by atoms with Gasteiger partial charge < -0.3 is 0 Å². The minimum atomic E-state index is -4.50. The van der Waals surface area contributed by atoms with Crippen molar-refractivity contribution in [3.05, 3.63) is 54.4 Å². The average Bonchev–Trinajstić information content (AvgIpc) is 2.85. The fraction of sp³-hybridized carbons (Fsp3) is 0.0769. The number of hydrogen-bond acceptors (Lipinski definition) is 2. The van der Waals surface area contributed by atoms with Gasteiger partial charge in [-0.1, -0.05) is 30.3 Å². The summed E-state index contributed by atoms with van der Waals surface area (Å²) in [7, 11) is 0. The molecular weight excluding hydrogens is 255 g/mol. The monoisotopic (exact) mass is 262 g/mol. The van der Waals surface area contributed by atoms with Crippen molar-refractivity contribution in [3.8, 4) is 11.3 Å². The van der Waals surface area contributed by atoms with Crippen molar-refractivity contribution in [1.29, 1.82) is 0 Å². The van der Waals surface area contributed by atoms with Crippen LogP contribution in [-0.4, -0.2) is 14.6 Å². The molecule has 1 radical (unpaired) electrons. The van der Waals surface area contributed by atoms with Gasteiger partial charge in [-0.2, -0.15) is 18.3 Å². The predicted molar refractivity (Wildman–Crippen MR) is 62.3 cm³/mol. The number of halogens is 3. The molecule has 0 unspecified atom stereocenters. The molecule has 0 amide bonds. The van der Waals surface area contributed by atoms with E-state index in [-0.39, 0.29) is 11.3 Å². The largest absolute Gasteiger partial charge is 0.433 e. The summed E-state index contributed by atoms with van der Waals surface area (Å²) < 4.78 is 39.7. The molecule has 0 bridgehead atoms. The molecule has 95 valence electrons. The molecule has 3 nitrogen and oxygen atoms in total. The fourth-order valence-corrected chi connectivity index (χ4v) is 1.82. The predicted octanol–water partition coefficient (Wildman–Crippen LogP) is 3.22. The van der Waals surface area contributed by atoms with Gasteiger partial charge in [0.1, 0.15) is 6.20 Å². The Hall–Kier alpha value is -2.37. The number of benzene rings is 1. The third-order valence-electron chi connectivity index (χ3n) is 2.67. The first-order chi connectivity index (χ1) is 9.05. The Balaban J connectivity index is 2.28. The van der Waals surface area contributed by atoms with Crippen molar-refractivity contribution in [2.45, 2.75) is 6.18 Å². The van der Waals surface area contributed by atoms with E-state index in [1.165, 1.54) is 6.07 Å². The van der Waals surface area contributed by atoms with Crippen LogP contribution in [0.25, 0.3) is 16.9 Å². The highest BCUT2D eigenvalue weighted by Crippen LogP contribution is 2.31. The SMILES string of the molecule is FC(F)(F)c1cc(-c2ccccc2)nc2c[c]nn12. The Morgan fingerprint density at radius 3 is 2.53 bits per heavy atom. The van der Waals surface area contributed by atoms with Crippen molar-refractivity contribution < 1.29 is 13.2 Å².